The number of nitrogens with one attached hydrogen (secondary N) is 2. The summed E-state index contributed by atoms with van der Waals surface area (Å²) in [6.45, 7) is 9.19. The van der Waals surface area contributed by atoms with E-state index in [4.69, 9.17) is 50.5 Å². The van der Waals surface area contributed by atoms with Gasteiger partial charge in [-0.25, -0.2) is 39.8 Å². The molecular weight excluding hydrogens is 904 g/mol. The predicted octanol–water partition coefficient (Wildman–Crippen LogP) is 4.32. The highest BCUT2D eigenvalue weighted by Crippen LogP contribution is 2.55. The van der Waals surface area contributed by atoms with Gasteiger partial charge in [0.05, 0.1) is 38.6 Å². The summed E-state index contributed by atoms with van der Waals surface area (Å²) in [5, 5.41) is 23.0. The molecule has 10 atom stereocenters. The number of carbonyl (C=O) groups excluding carboxylic acids is 1. The molecule has 2 saturated heterocycles. The molecule has 1 amide bonds. The number of hydrogen-bond donors (Lipinski definition) is 3. The highest BCUT2D eigenvalue weighted by atomic mass is 32.5. The van der Waals surface area contributed by atoms with Crippen LogP contribution in [0.25, 0.3) is 16.0 Å². The average Bonchev–Trinajstić information content (AvgIpc) is 3.91. The first-order valence-electron chi connectivity index (χ1n) is 19.9. The van der Waals surface area contributed by atoms with Crippen molar-refractivity contribution in [3.05, 3.63) is 93.1 Å². The third-order valence-electron chi connectivity index (χ3n) is 9.69. The van der Waals surface area contributed by atoms with Gasteiger partial charge < -0.3 is 42.8 Å². The van der Waals surface area contributed by atoms with Gasteiger partial charge in [0.2, 0.25) is 6.54 Å². The monoisotopic (exact) mass is 950 g/mol. The van der Waals surface area contributed by atoms with E-state index < -0.39 is 94.8 Å². The zero-order chi connectivity index (χ0) is 46.1. The van der Waals surface area contributed by atoms with Gasteiger partial charge in [0.25, 0.3) is 20.0 Å². The Morgan fingerprint density at radius 3 is 2.45 bits per heavy atom. The zero-order valence-electron chi connectivity index (χ0n) is 34.9. The number of alkyl halides is 2. The first-order valence-corrected chi connectivity index (χ1v) is 23.6. The standard InChI is InChI=1S/C38H46F2N10O11P2S/c1-22(2)50(23(3)4)62(55-17-14-42-5)56-18-25-29(40)32(37(60-25)48-15-12-27(51)46-38(48)54)61-63(64,57-16-9-13-41)58-19-26-28(39)31(52)36(59-26)49-21-45-30-33(43-20-44-34(30)49)47-35(53)24-10-7-6-8-11-24/h6-8,10-12,15,20-23,25-26,28-29,31-32,36-37,52H,9,14,16-19H2,1-4H3,(H,46,51,54)(H,43,44,47,53)/t25-,26-,28+,29+,31?,32?,36-,37-,62?,63?/m1/s1. The Bertz CT molecular complexity index is 2470. The maximum Gasteiger partial charge on any atom is 0.330 e. The van der Waals surface area contributed by atoms with E-state index in [1.54, 1.807) is 30.3 Å². The number of hydrogen-bond acceptors (Lipinski definition) is 17. The van der Waals surface area contributed by atoms with E-state index in [1.807, 2.05) is 38.4 Å². The highest BCUT2D eigenvalue weighted by Gasteiger charge is 2.52. The SMILES string of the molecule is [C-]#[N+]CCOP(OC[C@H]1O[C@@H](n2ccc(=O)[nH]c2=O)C(OP(=S)(OCCC#N)OC[C@H]2O[C@@H](n3cnc4c(NC(=O)c5ccccc5)ncnc43)C(O)[C@H]2F)[C@H]1F)N(C(C)C)C(C)C. The molecule has 3 aromatic heterocycles. The van der Waals surface area contributed by atoms with Crippen molar-refractivity contribution in [3.63, 3.8) is 0 Å². The molecule has 4 unspecified atom stereocenters. The van der Waals surface area contributed by atoms with Crippen LogP contribution in [0, 0.1) is 17.9 Å². The Morgan fingerprint density at radius 2 is 1.77 bits per heavy atom. The molecule has 0 saturated carbocycles. The first kappa shape index (κ1) is 48.9. The lowest BCUT2D eigenvalue weighted by molar-refractivity contribution is -0.0587. The number of amides is 1. The van der Waals surface area contributed by atoms with Gasteiger partial charge in [0.15, 0.2) is 41.8 Å². The minimum atomic E-state index is -4.24. The fourth-order valence-electron chi connectivity index (χ4n) is 6.83. The Labute approximate surface area is 371 Å². The van der Waals surface area contributed by atoms with Crippen LogP contribution in [-0.2, 0) is 43.9 Å². The number of nitriles is 1. The molecule has 344 valence electrons. The number of aliphatic hydroxyl groups is 1. The normalized spacial score (nSPS) is 24.8. The zero-order valence-corrected chi connectivity index (χ0v) is 37.5. The Balaban J connectivity index is 1.21. The van der Waals surface area contributed by atoms with Crippen molar-refractivity contribution in [3.8, 4) is 6.07 Å². The van der Waals surface area contributed by atoms with Crippen molar-refractivity contribution in [1.82, 2.24) is 33.7 Å². The molecule has 2 fully saturated rings. The van der Waals surface area contributed by atoms with Crippen molar-refractivity contribution in [2.45, 2.75) is 95.4 Å². The second-order valence-electron chi connectivity index (χ2n) is 14.8. The third-order valence-corrected chi connectivity index (χ3v) is 14.1. The number of nitrogens with zero attached hydrogens (tertiary/aromatic N) is 8. The maximum absolute atomic E-state index is 16.8. The summed E-state index contributed by atoms with van der Waals surface area (Å²) in [5.41, 5.74) is -1.15. The molecule has 26 heteroatoms. The van der Waals surface area contributed by atoms with Crippen molar-refractivity contribution >= 4 is 49.9 Å². The summed E-state index contributed by atoms with van der Waals surface area (Å²) in [4.78, 5) is 55.9. The number of carbonyl (C=O) groups is 1. The summed E-state index contributed by atoms with van der Waals surface area (Å²) in [6.07, 6.45) is -10.5. The lowest BCUT2D eigenvalue weighted by Gasteiger charge is -2.35. The number of anilines is 1. The fourth-order valence-corrected chi connectivity index (χ4v) is 10.5. The van der Waals surface area contributed by atoms with Crippen LogP contribution in [0.4, 0.5) is 14.6 Å². The van der Waals surface area contributed by atoms with Crippen molar-refractivity contribution < 1.29 is 50.8 Å². The summed E-state index contributed by atoms with van der Waals surface area (Å²) >= 11 is 5.70. The number of aliphatic hydroxyl groups excluding tert-OH is 1. The van der Waals surface area contributed by atoms with E-state index in [0.29, 0.717) is 5.56 Å². The molecule has 0 aliphatic carbocycles. The number of H-pyrrole nitrogens is 1. The van der Waals surface area contributed by atoms with Crippen LogP contribution in [0.3, 0.4) is 0 Å². The van der Waals surface area contributed by atoms with Crippen LogP contribution >= 0.6 is 15.2 Å². The number of aromatic nitrogens is 6. The summed E-state index contributed by atoms with van der Waals surface area (Å²) < 4.78 is 78.6. The van der Waals surface area contributed by atoms with Crippen molar-refractivity contribution in [2.75, 3.05) is 38.3 Å². The van der Waals surface area contributed by atoms with Gasteiger partial charge in [-0.1, -0.05) is 18.2 Å². The topological polar surface area (TPSA) is 244 Å². The minimum Gasteiger partial charge on any atom is -0.385 e. The van der Waals surface area contributed by atoms with Crippen LogP contribution in [0.2, 0.25) is 0 Å². The number of rotatable bonds is 21. The van der Waals surface area contributed by atoms with Gasteiger partial charge >= 0.3 is 12.4 Å². The molecule has 3 N–H and O–H groups in total. The Hall–Kier alpha value is -4.52. The van der Waals surface area contributed by atoms with Crippen molar-refractivity contribution in [1.29, 1.82) is 5.26 Å². The molecular formula is C38H46F2N10O11P2S. The number of aromatic amines is 1. The van der Waals surface area contributed by atoms with E-state index in [-0.39, 0.29) is 55.2 Å². The van der Waals surface area contributed by atoms with Gasteiger partial charge in [0, 0.05) is 29.9 Å². The maximum atomic E-state index is 16.8. The molecule has 64 heavy (non-hydrogen) atoms. The molecule has 4 aromatic rings. The van der Waals surface area contributed by atoms with Gasteiger partial charge in [-0.15, -0.1) is 0 Å². The molecule has 6 rings (SSSR count). The molecule has 2 aliphatic heterocycles. The fraction of sp³-hybridized carbons (Fsp3) is 0.526. The lowest BCUT2D eigenvalue weighted by Crippen LogP contribution is -2.38. The smallest absolute Gasteiger partial charge is 0.330 e. The Kier molecular flexibility index (Phi) is 16.9. The Morgan fingerprint density at radius 1 is 1.05 bits per heavy atom. The number of fused-ring (bicyclic) bond motifs is 1. The molecule has 0 radical (unpaired) electrons. The summed E-state index contributed by atoms with van der Waals surface area (Å²) in [6, 6.07) is 11.1. The van der Waals surface area contributed by atoms with Gasteiger partial charge in [-0.2, -0.15) is 5.26 Å². The second kappa shape index (κ2) is 22.1. The first-order chi connectivity index (χ1) is 30.7. The van der Waals surface area contributed by atoms with E-state index in [2.05, 4.69) is 30.1 Å². The van der Waals surface area contributed by atoms with E-state index in [1.165, 1.54) is 10.9 Å². The molecule has 2 aliphatic rings. The van der Waals surface area contributed by atoms with Crippen LogP contribution < -0.4 is 16.6 Å². The lowest BCUT2D eigenvalue weighted by atomic mass is 10.1. The highest BCUT2D eigenvalue weighted by molar-refractivity contribution is 8.07. The van der Waals surface area contributed by atoms with Crippen molar-refractivity contribution in [2.24, 2.45) is 0 Å². The second-order valence-corrected chi connectivity index (χ2v) is 19.2. The van der Waals surface area contributed by atoms with Gasteiger partial charge in [-0.05, 0) is 51.6 Å². The average molecular weight is 951 g/mol. The van der Waals surface area contributed by atoms with Gasteiger partial charge in [0.1, 0.15) is 37.4 Å². The quantitative estimate of drug-likeness (QED) is 0.0598. The van der Waals surface area contributed by atoms with Gasteiger partial charge in [-0.3, -0.25) is 28.2 Å². The number of halogens is 2. The number of imidazole rings is 1. The summed E-state index contributed by atoms with van der Waals surface area (Å²) in [5.74, 6) is -0.425. The van der Waals surface area contributed by atoms with Crippen LogP contribution in [-0.4, -0.2) is 127 Å². The third kappa shape index (κ3) is 11.5. The molecule has 21 nitrogen and oxygen atoms in total. The predicted molar refractivity (Wildman–Crippen MR) is 228 cm³/mol. The van der Waals surface area contributed by atoms with E-state index in [9.17, 15) is 24.8 Å². The molecule has 0 spiro atoms. The number of ether oxygens (including phenoxy) is 2. The molecule has 5 heterocycles. The van der Waals surface area contributed by atoms with E-state index in [0.717, 1.165) is 23.2 Å². The van der Waals surface area contributed by atoms with Crippen LogP contribution in [0.5, 0.6) is 0 Å². The van der Waals surface area contributed by atoms with Crippen LogP contribution in [0.15, 0.2) is 64.8 Å². The summed E-state index contributed by atoms with van der Waals surface area (Å²) in [7, 11) is -1.85. The number of benzene rings is 1. The molecule has 1 aromatic carbocycles. The largest absolute Gasteiger partial charge is 0.385 e. The van der Waals surface area contributed by atoms with Crippen LogP contribution in [0.1, 0.15) is 56.9 Å². The van der Waals surface area contributed by atoms with E-state index >= 15 is 8.78 Å². The molecule has 0 bridgehead atoms. The minimum absolute atomic E-state index is 0.0441.